The van der Waals surface area contributed by atoms with Gasteiger partial charge in [0.1, 0.15) is 0 Å². The molecule has 0 saturated heterocycles. The molecule has 0 bridgehead atoms. The van der Waals surface area contributed by atoms with Crippen LogP contribution in [0.3, 0.4) is 0 Å². The highest BCUT2D eigenvalue weighted by Gasteiger charge is 2.27. The molecule has 1 fully saturated rings. The molecule has 2 nitrogen and oxygen atoms in total. The SMILES string of the molecule is N#CCCN(CCCCc1ccccc1)C1CC1. The first-order valence-electron chi connectivity index (χ1n) is 7.05. The van der Waals surface area contributed by atoms with E-state index in [0.717, 1.165) is 12.6 Å². The number of benzene rings is 1. The summed E-state index contributed by atoms with van der Waals surface area (Å²) in [6.45, 7) is 2.13. The van der Waals surface area contributed by atoms with Crippen molar-refractivity contribution in [3.63, 3.8) is 0 Å². The second kappa shape index (κ2) is 7.18. The lowest BCUT2D eigenvalue weighted by Crippen LogP contribution is -2.28. The first-order chi connectivity index (χ1) is 8.90. The molecular formula is C16H22N2. The quantitative estimate of drug-likeness (QED) is 0.653. The van der Waals surface area contributed by atoms with E-state index in [2.05, 4.69) is 41.3 Å². The van der Waals surface area contributed by atoms with E-state index in [1.54, 1.807) is 0 Å². The van der Waals surface area contributed by atoms with Gasteiger partial charge in [0.15, 0.2) is 0 Å². The molecule has 0 spiro atoms. The standard InChI is InChI=1S/C16H22N2/c17-12-6-14-18(16-10-11-16)13-5-4-9-15-7-2-1-3-8-15/h1-3,7-8,16H,4-6,9-11,13-14H2. The molecule has 2 rings (SSSR count). The van der Waals surface area contributed by atoms with Gasteiger partial charge in [-0.15, -0.1) is 0 Å². The molecule has 0 heterocycles. The van der Waals surface area contributed by atoms with Crippen molar-refractivity contribution in [2.24, 2.45) is 0 Å². The van der Waals surface area contributed by atoms with Crippen LogP contribution in [0.2, 0.25) is 0 Å². The number of nitrogens with zero attached hydrogens (tertiary/aromatic N) is 2. The Hall–Kier alpha value is -1.33. The van der Waals surface area contributed by atoms with Crippen molar-refractivity contribution in [3.8, 4) is 6.07 Å². The molecule has 0 aliphatic heterocycles. The number of unbranched alkanes of at least 4 members (excludes halogenated alkanes) is 1. The fraction of sp³-hybridized carbons (Fsp3) is 0.562. The Morgan fingerprint density at radius 2 is 1.89 bits per heavy atom. The van der Waals surface area contributed by atoms with Crippen molar-refractivity contribution in [3.05, 3.63) is 35.9 Å². The molecule has 1 aromatic rings. The van der Waals surface area contributed by atoms with Crippen LogP contribution in [0.5, 0.6) is 0 Å². The number of nitriles is 1. The normalized spacial score (nSPS) is 14.7. The molecule has 0 N–H and O–H groups in total. The Morgan fingerprint density at radius 3 is 2.56 bits per heavy atom. The molecule has 1 aromatic carbocycles. The second-order valence-corrected chi connectivity index (χ2v) is 5.12. The maximum atomic E-state index is 8.66. The van der Waals surface area contributed by atoms with Crippen LogP contribution in [-0.2, 0) is 6.42 Å². The van der Waals surface area contributed by atoms with Crippen molar-refractivity contribution in [2.75, 3.05) is 13.1 Å². The van der Waals surface area contributed by atoms with E-state index in [-0.39, 0.29) is 0 Å². The zero-order chi connectivity index (χ0) is 12.6. The van der Waals surface area contributed by atoms with Crippen molar-refractivity contribution < 1.29 is 0 Å². The Kier molecular flexibility index (Phi) is 5.23. The van der Waals surface area contributed by atoms with Gasteiger partial charge in [-0.05, 0) is 44.2 Å². The molecular weight excluding hydrogens is 220 g/mol. The van der Waals surface area contributed by atoms with E-state index >= 15 is 0 Å². The fourth-order valence-electron chi connectivity index (χ4n) is 2.40. The largest absolute Gasteiger partial charge is 0.299 e. The summed E-state index contributed by atoms with van der Waals surface area (Å²) in [5.41, 5.74) is 1.44. The number of rotatable bonds is 8. The van der Waals surface area contributed by atoms with E-state index < -0.39 is 0 Å². The van der Waals surface area contributed by atoms with Gasteiger partial charge < -0.3 is 0 Å². The minimum atomic E-state index is 0.676. The van der Waals surface area contributed by atoms with E-state index in [1.165, 1.54) is 44.2 Å². The maximum absolute atomic E-state index is 8.66. The van der Waals surface area contributed by atoms with Crippen LogP contribution in [0.1, 0.15) is 37.7 Å². The maximum Gasteiger partial charge on any atom is 0.0635 e. The van der Waals surface area contributed by atoms with Crippen molar-refractivity contribution in [1.29, 1.82) is 5.26 Å². The highest BCUT2D eigenvalue weighted by Crippen LogP contribution is 2.27. The average molecular weight is 242 g/mol. The first kappa shape index (κ1) is 13.1. The van der Waals surface area contributed by atoms with Crippen LogP contribution in [0, 0.1) is 11.3 Å². The Bertz CT molecular complexity index is 376. The molecule has 0 radical (unpaired) electrons. The highest BCUT2D eigenvalue weighted by atomic mass is 15.2. The van der Waals surface area contributed by atoms with Gasteiger partial charge in [0.05, 0.1) is 6.07 Å². The molecule has 1 aliphatic rings. The topological polar surface area (TPSA) is 27.0 Å². The summed E-state index contributed by atoms with van der Waals surface area (Å²) in [6.07, 6.45) is 7.03. The predicted octanol–water partition coefficient (Wildman–Crippen LogP) is 3.39. The van der Waals surface area contributed by atoms with Crippen LogP contribution in [0.15, 0.2) is 30.3 Å². The fourth-order valence-corrected chi connectivity index (χ4v) is 2.40. The summed E-state index contributed by atoms with van der Waals surface area (Å²) < 4.78 is 0. The molecule has 1 aliphatic carbocycles. The van der Waals surface area contributed by atoms with Crippen LogP contribution >= 0.6 is 0 Å². The molecule has 0 amide bonds. The van der Waals surface area contributed by atoms with Crippen molar-refractivity contribution >= 4 is 0 Å². The van der Waals surface area contributed by atoms with Crippen LogP contribution < -0.4 is 0 Å². The van der Waals surface area contributed by atoms with E-state index in [0.29, 0.717) is 6.42 Å². The van der Waals surface area contributed by atoms with E-state index in [4.69, 9.17) is 5.26 Å². The number of hydrogen-bond donors (Lipinski definition) is 0. The van der Waals surface area contributed by atoms with Crippen molar-refractivity contribution in [1.82, 2.24) is 4.90 Å². The Morgan fingerprint density at radius 1 is 1.11 bits per heavy atom. The Labute approximate surface area is 110 Å². The molecule has 2 heteroatoms. The Balaban J connectivity index is 1.63. The summed E-state index contributed by atoms with van der Waals surface area (Å²) in [5.74, 6) is 0. The zero-order valence-corrected chi connectivity index (χ0v) is 11.0. The van der Waals surface area contributed by atoms with Gasteiger partial charge >= 0.3 is 0 Å². The first-order valence-corrected chi connectivity index (χ1v) is 7.05. The summed E-state index contributed by atoms with van der Waals surface area (Å²) in [6, 6.07) is 13.7. The molecule has 0 atom stereocenters. The lowest BCUT2D eigenvalue weighted by Gasteiger charge is -2.20. The summed E-state index contributed by atoms with van der Waals surface area (Å²) in [5, 5.41) is 8.66. The number of aryl methyl sites for hydroxylation is 1. The third-order valence-corrected chi connectivity index (χ3v) is 3.58. The van der Waals surface area contributed by atoms with Crippen LogP contribution in [0.25, 0.3) is 0 Å². The molecule has 1 saturated carbocycles. The molecule has 18 heavy (non-hydrogen) atoms. The van der Waals surface area contributed by atoms with Gasteiger partial charge in [-0.1, -0.05) is 30.3 Å². The van der Waals surface area contributed by atoms with Gasteiger partial charge in [-0.2, -0.15) is 5.26 Å². The zero-order valence-electron chi connectivity index (χ0n) is 11.0. The van der Waals surface area contributed by atoms with Crippen molar-refractivity contribution in [2.45, 2.75) is 44.6 Å². The third kappa shape index (κ3) is 4.50. The molecule has 96 valence electrons. The lowest BCUT2D eigenvalue weighted by atomic mass is 10.1. The van der Waals surface area contributed by atoms with Gasteiger partial charge in [0, 0.05) is 19.0 Å². The monoisotopic (exact) mass is 242 g/mol. The van der Waals surface area contributed by atoms with Gasteiger partial charge in [-0.25, -0.2) is 0 Å². The van der Waals surface area contributed by atoms with Gasteiger partial charge in [0.2, 0.25) is 0 Å². The highest BCUT2D eigenvalue weighted by molar-refractivity contribution is 5.14. The van der Waals surface area contributed by atoms with E-state index in [9.17, 15) is 0 Å². The second-order valence-electron chi connectivity index (χ2n) is 5.12. The predicted molar refractivity (Wildman–Crippen MR) is 74.2 cm³/mol. The number of hydrogen-bond acceptors (Lipinski definition) is 2. The minimum Gasteiger partial charge on any atom is -0.299 e. The smallest absolute Gasteiger partial charge is 0.0635 e. The van der Waals surface area contributed by atoms with E-state index in [1.807, 2.05) is 0 Å². The summed E-state index contributed by atoms with van der Waals surface area (Å²) in [7, 11) is 0. The summed E-state index contributed by atoms with van der Waals surface area (Å²) in [4.78, 5) is 2.51. The lowest BCUT2D eigenvalue weighted by molar-refractivity contribution is 0.264. The summed E-state index contributed by atoms with van der Waals surface area (Å²) >= 11 is 0. The average Bonchev–Trinajstić information content (AvgIpc) is 3.23. The molecule has 0 unspecified atom stereocenters. The molecule has 0 aromatic heterocycles. The van der Waals surface area contributed by atoms with Gasteiger partial charge in [-0.3, -0.25) is 4.90 Å². The minimum absolute atomic E-state index is 0.676. The van der Waals surface area contributed by atoms with Crippen LogP contribution in [0.4, 0.5) is 0 Å². The third-order valence-electron chi connectivity index (χ3n) is 3.58. The van der Waals surface area contributed by atoms with Crippen LogP contribution in [-0.4, -0.2) is 24.0 Å². The van der Waals surface area contributed by atoms with Gasteiger partial charge in [0.25, 0.3) is 0 Å².